The van der Waals surface area contributed by atoms with Gasteiger partial charge in [-0.3, -0.25) is 19.2 Å². The van der Waals surface area contributed by atoms with Gasteiger partial charge in [0.1, 0.15) is 11.6 Å². The molecule has 2 aromatic rings. The van der Waals surface area contributed by atoms with Gasteiger partial charge in [-0.1, -0.05) is 102 Å². The lowest BCUT2D eigenvalue weighted by Crippen LogP contribution is -2.30. The summed E-state index contributed by atoms with van der Waals surface area (Å²) in [5.41, 5.74) is 6.40. The summed E-state index contributed by atoms with van der Waals surface area (Å²) in [6, 6.07) is 11.8. The van der Waals surface area contributed by atoms with E-state index in [0.717, 1.165) is 73.1 Å². The quantitative estimate of drug-likeness (QED) is 0.132. The van der Waals surface area contributed by atoms with Gasteiger partial charge in [-0.05, 0) is 85.5 Å². The van der Waals surface area contributed by atoms with E-state index in [2.05, 4.69) is 26.8 Å². The summed E-state index contributed by atoms with van der Waals surface area (Å²) in [6.45, 7) is 8.14. The van der Waals surface area contributed by atoms with E-state index in [1.54, 1.807) is 0 Å². The van der Waals surface area contributed by atoms with E-state index in [0.29, 0.717) is 25.7 Å². The van der Waals surface area contributed by atoms with Crippen molar-refractivity contribution in [1.29, 1.82) is 0 Å². The van der Waals surface area contributed by atoms with Gasteiger partial charge in [-0.25, -0.2) is 0 Å². The van der Waals surface area contributed by atoms with Crippen LogP contribution >= 0.6 is 0 Å². The van der Waals surface area contributed by atoms with E-state index < -0.39 is 0 Å². The van der Waals surface area contributed by atoms with E-state index in [-0.39, 0.29) is 47.3 Å². The second-order valence-electron chi connectivity index (χ2n) is 14.0. The Morgan fingerprint density at radius 2 is 1.62 bits per heavy atom. The van der Waals surface area contributed by atoms with Crippen molar-refractivity contribution in [2.75, 3.05) is 0 Å². The van der Waals surface area contributed by atoms with Crippen LogP contribution in [0.25, 0.3) is 0 Å². The van der Waals surface area contributed by atoms with Crippen molar-refractivity contribution in [3.05, 3.63) is 69.8 Å². The SMILES string of the molecule is CCCC(CC1CC(=O)c2c(C)c(CCC(=O)c3ccccc3)cc(CCC3CCCCC3)c2C1)C(CC)C(=O)CC(=O)CC. The zero-order chi connectivity index (χ0) is 32.3. The zero-order valence-corrected chi connectivity index (χ0v) is 28.4. The maximum atomic E-state index is 14.0. The van der Waals surface area contributed by atoms with Crippen LogP contribution in [-0.2, 0) is 28.9 Å². The third kappa shape index (κ3) is 9.33. The molecule has 4 rings (SSSR count). The van der Waals surface area contributed by atoms with Gasteiger partial charge in [0.15, 0.2) is 11.6 Å². The lowest BCUT2D eigenvalue weighted by atomic mass is 9.70. The Hall–Kier alpha value is -2.88. The first-order valence-corrected chi connectivity index (χ1v) is 18.1. The van der Waals surface area contributed by atoms with Crippen LogP contribution in [0.1, 0.15) is 154 Å². The molecule has 1 fully saturated rings. The molecule has 0 heterocycles. The molecule has 45 heavy (non-hydrogen) atoms. The number of carbonyl (C=O) groups excluding carboxylic acids is 4. The number of rotatable bonds is 17. The van der Waals surface area contributed by atoms with E-state index in [1.165, 1.54) is 43.2 Å². The molecule has 1 saturated carbocycles. The average molecular weight is 613 g/mol. The first-order chi connectivity index (χ1) is 21.7. The molecular weight excluding hydrogens is 556 g/mol. The van der Waals surface area contributed by atoms with Gasteiger partial charge < -0.3 is 0 Å². The second-order valence-corrected chi connectivity index (χ2v) is 14.0. The Bertz CT molecular complexity index is 1320. The monoisotopic (exact) mass is 612 g/mol. The Balaban J connectivity index is 1.59. The summed E-state index contributed by atoms with van der Waals surface area (Å²) in [6.07, 6.45) is 15.2. The largest absolute Gasteiger partial charge is 0.299 e. The number of Topliss-reactive ketones (excluding diaryl/α,β-unsaturated/α-hetero) is 4. The molecule has 2 aromatic carbocycles. The molecule has 2 aliphatic carbocycles. The third-order valence-corrected chi connectivity index (χ3v) is 10.9. The fourth-order valence-corrected chi connectivity index (χ4v) is 8.35. The van der Waals surface area contributed by atoms with Crippen molar-refractivity contribution >= 4 is 23.1 Å². The number of carbonyl (C=O) groups is 4. The van der Waals surface area contributed by atoms with Gasteiger partial charge in [0.05, 0.1) is 6.42 Å². The van der Waals surface area contributed by atoms with Crippen molar-refractivity contribution in [3.8, 4) is 0 Å². The van der Waals surface area contributed by atoms with Crippen LogP contribution in [0.15, 0.2) is 36.4 Å². The van der Waals surface area contributed by atoms with E-state index in [4.69, 9.17) is 0 Å². The molecule has 244 valence electrons. The number of hydrogen-bond donors (Lipinski definition) is 0. The molecule has 3 atom stereocenters. The molecule has 0 amide bonds. The maximum Gasteiger partial charge on any atom is 0.163 e. The van der Waals surface area contributed by atoms with Crippen LogP contribution in [0.3, 0.4) is 0 Å². The summed E-state index contributed by atoms with van der Waals surface area (Å²) in [4.78, 5) is 52.4. The van der Waals surface area contributed by atoms with Crippen molar-refractivity contribution in [2.24, 2.45) is 23.7 Å². The van der Waals surface area contributed by atoms with Crippen molar-refractivity contribution < 1.29 is 19.2 Å². The standard InChI is InChI=1S/C41H56O4/c1-5-14-33(36(7-3)39(44)27-35(42)6-2)23-30-24-37-34(20-19-29-15-10-8-11-16-29)26-32(28(4)41(37)40(45)25-30)21-22-38(43)31-17-12-9-13-18-31/h9,12-13,17-18,26,29-30,33,36H,5-8,10-11,14-16,19-25,27H2,1-4H3. The predicted molar refractivity (Wildman–Crippen MR) is 183 cm³/mol. The van der Waals surface area contributed by atoms with Gasteiger partial charge in [-0.15, -0.1) is 0 Å². The van der Waals surface area contributed by atoms with Gasteiger partial charge in [0.2, 0.25) is 0 Å². The minimum Gasteiger partial charge on any atom is -0.299 e. The molecule has 0 aromatic heterocycles. The highest BCUT2D eigenvalue weighted by atomic mass is 16.2. The fraction of sp³-hybridized carbons (Fsp3) is 0.610. The number of fused-ring (bicyclic) bond motifs is 1. The number of benzene rings is 2. The number of ketones is 4. The van der Waals surface area contributed by atoms with Crippen molar-refractivity contribution in [2.45, 2.75) is 137 Å². The van der Waals surface area contributed by atoms with Crippen molar-refractivity contribution in [1.82, 2.24) is 0 Å². The Morgan fingerprint density at radius 3 is 2.29 bits per heavy atom. The summed E-state index contributed by atoms with van der Waals surface area (Å²) in [5.74, 6) is 1.53. The Kier molecular flexibility index (Phi) is 13.3. The molecule has 0 spiro atoms. The topological polar surface area (TPSA) is 68.3 Å². The van der Waals surface area contributed by atoms with Crippen LogP contribution in [0, 0.1) is 30.6 Å². The Morgan fingerprint density at radius 1 is 0.889 bits per heavy atom. The second kappa shape index (κ2) is 17.2. The molecule has 4 heteroatoms. The Labute approximate surface area is 272 Å². The highest BCUT2D eigenvalue weighted by Crippen LogP contribution is 2.39. The average Bonchev–Trinajstić information content (AvgIpc) is 3.04. The summed E-state index contributed by atoms with van der Waals surface area (Å²) < 4.78 is 0. The fourth-order valence-electron chi connectivity index (χ4n) is 8.35. The third-order valence-electron chi connectivity index (χ3n) is 10.9. The molecule has 4 nitrogen and oxygen atoms in total. The molecule has 0 aliphatic heterocycles. The van der Waals surface area contributed by atoms with E-state index in [9.17, 15) is 19.2 Å². The highest BCUT2D eigenvalue weighted by molar-refractivity contribution is 6.01. The van der Waals surface area contributed by atoms with E-state index in [1.807, 2.05) is 37.3 Å². The van der Waals surface area contributed by atoms with Gasteiger partial charge in [-0.2, -0.15) is 0 Å². The van der Waals surface area contributed by atoms with Gasteiger partial charge in [0.25, 0.3) is 0 Å². The smallest absolute Gasteiger partial charge is 0.163 e. The highest BCUT2D eigenvalue weighted by Gasteiger charge is 2.34. The zero-order valence-electron chi connectivity index (χ0n) is 28.4. The first kappa shape index (κ1) is 35.0. The van der Waals surface area contributed by atoms with E-state index >= 15 is 0 Å². The molecule has 0 bridgehead atoms. The molecule has 0 N–H and O–H groups in total. The molecule has 3 unspecified atom stereocenters. The van der Waals surface area contributed by atoms with Gasteiger partial charge in [0, 0.05) is 36.3 Å². The molecule has 0 saturated heterocycles. The number of hydrogen-bond acceptors (Lipinski definition) is 4. The normalized spacial score (nSPS) is 18.3. The van der Waals surface area contributed by atoms with Gasteiger partial charge >= 0.3 is 0 Å². The van der Waals surface area contributed by atoms with Crippen LogP contribution in [-0.4, -0.2) is 23.1 Å². The molecule has 2 aliphatic rings. The summed E-state index contributed by atoms with van der Waals surface area (Å²) in [5, 5.41) is 0. The predicted octanol–water partition coefficient (Wildman–Crippen LogP) is 9.84. The van der Waals surface area contributed by atoms with Crippen LogP contribution in [0.4, 0.5) is 0 Å². The van der Waals surface area contributed by atoms with Crippen LogP contribution < -0.4 is 0 Å². The molecule has 0 radical (unpaired) electrons. The van der Waals surface area contributed by atoms with Crippen molar-refractivity contribution in [3.63, 3.8) is 0 Å². The van der Waals surface area contributed by atoms with Crippen LogP contribution in [0.5, 0.6) is 0 Å². The van der Waals surface area contributed by atoms with Crippen LogP contribution in [0.2, 0.25) is 0 Å². The number of aryl methyl sites for hydroxylation is 2. The molecular formula is C41H56O4. The minimum absolute atomic E-state index is 0.0230. The minimum atomic E-state index is -0.117. The lowest BCUT2D eigenvalue weighted by Gasteiger charge is -2.33. The summed E-state index contributed by atoms with van der Waals surface area (Å²) >= 11 is 0. The maximum absolute atomic E-state index is 14.0. The first-order valence-electron chi connectivity index (χ1n) is 18.1. The lowest BCUT2D eigenvalue weighted by molar-refractivity contribution is -0.130. The summed E-state index contributed by atoms with van der Waals surface area (Å²) in [7, 11) is 0.